The Balaban J connectivity index is 0.000000240. The highest BCUT2D eigenvalue weighted by Gasteiger charge is 2.03. The van der Waals surface area contributed by atoms with Gasteiger partial charge in [0.1, 0.15) is 0 Å². The van der Waals surface area contributed by atoms with E-state index < -0.39 is 0 Å². The molecule has 0 radical (unpaired) electrons. The Hall–Kier alpha value is 0.540. The third-order valence-corrected chi connectivity index (χ3v) is 5.71. The van der Waals surface area contributed by atoms with Gasteiger partial charge in [0.05, 0.1) is 0 Å². The van der Waals surface area contributed by atoms with Gasteiger partial charge in [0.15, 0.2) is 0 Å². The summed E-state index contributed by atoms with van der Waals surface area (Å²) in [4.78, 5) is 0. The lowest BCUT2D eigenvalue weighted by Crippen LogP contribution is -1.94. The van der Waals surface area contributed by atoms with Crippen LogP contribution in [-0.4, -0.2) is 0 Å². The second kappa shape index (κ2) is 12.8. The van der Waals surface area contributed by atoms with Gasteiger partial charge >= 0.3 is 0 Å². The van der Waals surface area contributed by atoms with Crippen LogP contribution in [0.4, 0.5) is 0 Å². The molecule has 0 atom stereocenters. The van der Waals surface area contributed by atoms with E-state index in [9.17, 15) is 0 Å². The van der Waals surface area contributed by atoms with Crippen molar-refractivity contribution in [1.29, 1.82) is 0 Å². The van der Waals surface area contributed by atoms with E-state index in [0.717, 1.165) is 34.5 Å². The first-order chi connectivity index (χ1) is 11.6. The second-order valence-electron chi connectivity index (χ2n) is 5.11. The van der Waals surface area contributed by atoms with Gasteiger partial charge in [0.2, 0.25) is 0 Å². The molecule has 0 aliphatic carbocycles. The van der Waals surface area contributed by atoms with Crippen LogP contribution in [0.3, 0.4) is 0 Å². The monoisotopic (exact) mass is 432 g/mol. The Morgan fingerprint density at radius 3 is 1.46 bits per heavy atom. The van der Waals surface area contributed by atoms with E-state index in [2.05, 4.69) is 106 Å². The van der Waals surface area contributed by atoms with E-state index in [1.807, 2.05) is 6.07 Å². The van der Waals surface area contributed by atoms with E-state index >= 15 is 0 Å². The van der Waals surface area contributed by atoms with Crippen molar-refractivity contribution in [2.75, 3.05) is 0 Å². The van der Waals surface area contributed by atoms with Gasteiger partial charge in [-0.1, -0.05) is 36.4 Å². The molecular formula is C18H24S6. The highest BCUT2D eigenvalue weighted by molar-refractivity contribution is 7.80. The van der Waals surface area contributed by atoms with Crippen LogP contribution in [0.5, 0.6) is 0 Å². The molecule has 0 unspecified atom stereocenters. The maximum absolute atomic E-state index is 4.29. The van der Waals surface area contributed by atoms with Crippen LogP contribution in [0.15, 0.2) is 36.4 Å². The predicted molar refractivity (Wildman–Crippen MR) is 129 cm³/mol. The molecule has 0 saturated carbocycles. The number of hydrogen-bond acceptors (Lipinski definition) is 6. The second-order valence-corrected chi connectivity index (χ2v) is 7.00. The third kappa shape index (κ3) is 6.69. The summed E-state index contributed by atoms with van der Waals surface area (Å²) in [6.45, 7) is 0. The fourth-order valence-electron chi connectivity index (χ4n) is 2.27. The molecule has 0 spiro atoms. The van der Waals surface area contributed by atoms with Gasteiger partial charge in [-0.25, -0.2) is 0 Å². The van der Waals surface area contributed by atoms with Crippen LogP contribution >= 0.6 is 75.8 Å². The summed E-state index contributed by atoms with van der Waals surface area (Å²) in [6, 6.07) is 12.6. The molecule has 0 bridgehead atoms. The Labute approximate surface area is 179 Å². The molecule has 2 aromatic carbocycles. The Bertz CT molecular complexity index is 602. The lowest BCUT2D eigenvalue weighted by molar-refractivity contribution is 1.22. The van der Waals surface area contributed by atoms with E-state index in [0.29, 0.717) is 0 Å². The predicted octanol–water partition coefficient (Wildman–Crippen LogP) is 5.95. The summed E-state index contributed by atoms with van der Waals surface area (Å²) in [6.07, 6.45) is 0. The summed E-state index contributed by atoms with van der Waals surface area (Å²) in [7, 11) is 0. The van der Waals surface area contributed by atoms with E-state index in [4.69, 9.17) is 0 Å². The quantitative estimate of drug-likeness (QED) is 0.299. The molecule has 0 amide bonds. The Kier molecular flexibility index (Phi) is 12.1. The van der Waals surface area contributed by atoms with Crippen LogP contribution in [0.2, 0.25) is 0 Å². The number of rotatable bonds is 6. The van der Waals surface area contributed by atoms with Crippen LogP contribution in [0, 0.1) is 0 Å². The zero-order valence-electron chi connectivity index (χ0n) is 13.4. The SMILES string of the molecule is SCc1ccc(CS)c(CS)c1.SCc1cccc(CS)c1CS. The minimum atomic E-state index is 0.770. The highest BCUT2D eigenvalue weighted by Crippen LogP contribution is 2.20. The largest absolute Gasteiger partial charge is 0.175 e. The molecule has 0 aliphatic rings. The molecule has 0 saturated heterocycles. The van der Waals surface area contributed by atoms with Crippen LogP contribution in [-0.2, 0) is 34.5 Å². The highest BCUT2D eigenvalue weighted by atomic mass is 32.1. The maximum atomic E-state index is 4.29. The molecule has 0 aliphatic heterocycles. The fraction of sp³-hybridized carbons (Fsp3) is 0.333. The van der Waals surface area contributed by atoms with Crippen molar-refractivity contribution in [2.24, 2.45) is 0 Å². The van der Waals surface area contributed by atoms with Crippen molar-refractivity contribution in [1.82, 2.24) is 0 Å². The standard InChI is InChI=1S/2C9H12S3/c10-4-7-1-2-8(5-11)9(3-7)6-12;10-4-7-2-1-3-8(5-11)9(7)6-12/h2*1-3,10-12H,4-6H2. The van der Waals surface area contributed by atoms with Gasteiger partial charge in [0.25, 0.3) is 0 Å². The molecule has 132 valence electrons. The van der Waals surface area contributed by atoms with E-state index in [1.165, 1.54) is 33.4 Å². The zero-order chi connectivity index (χ0) is 17.9. The van der Waals surface area contributed by atoms with Gasteiger partial charge in [-0.3, -0.25) is 0 Å². The van der Waals surface area contributed by atoms with Crippen LogP contribution < -0.4 is 0 Å². The zero-order valence-corrected chi connectivity index (χ0v) is 18.8. The average Bonchev–Trinajstić information content (AvgIpc) is 2.66. The smallest absolute Gasteiger partial charge is 0.0160 e. The first-order valence-electron chi connectivity index (χ1n) is 7.50. The van der Waals surface area contributed by atoms with E-state index in [1.54, 1.807) is 0 Å². The topological polar surface area (TPSA) is 0 Å². The molecule has 0 fully saturated rings. The Morgan fingerprint density at radius 1 is 0.500 bits per heavy atom. The van der Waals surface area contributed by atoms with Gasteiger partial charge in [-0.05, 0) is 33.4 Å². The normalized spacial score (nSPS) is 10.2. The minimum absolute atomic E-state index is 0.770. The molecule has 0 aromatic heterocycles. The van der Waals surface area contributed by atoms with Crippen molar-refractivity contribution >= 4 is 75.8 Å². The molecule has 24 heavy (non-hydrogen) atoms. The molecule has 0 heterocycles. The lowest BCUT2D eigenvalue weighted by atomic mass is 10.0. The third-order valence-electron chi connectivity index (χ3n) is 3.66. The fourth-order valence-corrected chi connectivity index (χ4v) is 4.06. The average molecular weight is 433 g/mol. The van der Waals surface area contributed by atoms with E-state index in [-0.39, 0.29) is 0 Å². The number of thiol groups is 6. The van der Waals surface area contributed by atoms with Gasteiger partial charge in [0, 0.05) is 34.5 Å². The minimum Gasteiger partial charge on any atom is -0.175 e. The maximum Gasteiger partial charge on any atom is 0.0160 e. The van der Waals surface area contributed by atoms with Crippen LogP contribution in [0.25, 0.3) is 0 Å². The first-order valence-corrected chi connectivity index (χ1v) is 11.3. The first kappa shape index (κ1) is 22.6. The number of hydrogen-bond donors (Lipinski definition) is 6. The molecular weight excluding hydrogens is 409 g/mol. The van der Waals surface area contributed by atoms with Crippen molar-refractivity contribution in [2.45, 2.75) is 34.5 Å². The van der Waals surface area contributed by atoms with Crippen molar-refractivity contribution < 1.29 is 0 Å². The summed E-state index contributed by atoms with van der Waals surface area (Å²) in [5.74, 6) is 4.66. The lowest BCUT2D eigenvalue weighted by Gasteiger charge is -2.09. The molecule has 0 N–H and O–H groups in total. The summed E-state index contributed by atoms with van der Waals surface area (Å²) in [5.41, 5.74) is 7.58. The van der Waals surface area contributed by atoms with Crippen molar-refractivity contribution in [3.05, 3.63) is 69.8 Å². The van der Waals surface area contributed by atoms with Crippen molar-refractivity contribution in [3.8, 4) is 0 Å². The molecule has 2 rings (SSSR count). The van der Waals surface area contributed by atoms with Gasteiger partial charge in [-0.15, -0.1) is 0 Å². The number of benzene rings is 2. The van der Waals surface area contributed by atoms with Gasteiger partial charge < -0.3 is 0 Å². The summed E-state index contributed by atoms with van der Waals surface area (Å²) >= 11 is 25.5. The summed E-state index contributed by atoms with van der Waals surface area (Å²) in [5, 5.41) is 0. The van der Waals surface area contributed by atoms with Gasteiger partial charge in [-0.2, -0.15) is 75.8 Å². The summed E-state index contributed by atoms with van der Waals surface area (Å²) < 4.78 is 0. The molecule has 6 heteroatoms. The molecule has 2 aromatic rings. The van der Waals surface area contributed by atoms with Crippen molar-refractivity contribution in [3.63, 3.8) is 0 Å². The van der Waals surface area contributed by atoms with Crippen LogP contribution in [0.1, 0.15) is 33.4 Å². The Morgan fingerprint density at radius 2 is 1.04 bits per heavy atom. The molecule has 0 nitrogen and oxygen atoms in total.